The van der Waals surface area contributed by atoms with E-state index in [1.807, 2.05) is 33.8 Å². The predicted molar refractivity (Wildman–Crippen MR) is 102 cm³/mol. The summed E-state index contributed by atoms with van der Waals surface area (Å²) in [7, 11) is 0. The molecule has 144 valence electrons. The molecule has 0 saturated carbocycles. The Kier molecular flexibility index (Phi) is 12.8. The van der Waals surface area contributed by atoms with E-state index in [4.69, 9.17) is 9.47 Å². The van der Waals surface area contributed by atoms with Gasteiger partial charge in [0.05, 0.1) is 0 Å². The first-order valence-corrected chi connectivity index (χ1v) is 9.40. The second-order valence-corrected chi connectivity index (χ2v) is 7.09. The van der Waals surface area contributed by atoms with E-state index in [2.05, 4.69) is 19.9 Å². The Morgan fingerprint density at radius 2 is 1.60 bits per heavy atom. The van der Waals surface area contributed by atoms with Gasteiger partial charge >= 0.3 is 11.9 Å². The lowest BCUT2D eigenvalue weighted by molar-refractivity contribution is -0.151. The summed E-state index contributed by atoms with van der Waals surface area (Å²) < 4.78 is 10.6. The average Bonchev–Trinajstić information content (AvgIpc) is 2.51. The smallest absolute Gasteiger partial charge is 0.306 e. The van der Waals surface area contributed by atoms with Crippen LogP contribution in [-0.4, -0.2) is 24.6 Å². The van der Waals surface area contributed by atoms with Crippen molar-refractivity contribution in [3.63, 3.8) is 0 Å². The van der Waals surface area contributed by atoms with Gasteiger partial charge in [0, 0.05) is 12.8 Å². The Morgan fingerprint density at radius 3 is 2.16 bits per heavy atom. The van der Waals surface area contributed by atoms with Crippen LogP contribution in [0.5, 0.6) is 0 Å². The highest BCUT2D eigenvalue weighted by atomic mass is 16.5. The number of carbonyl (C=O) groups excluding carboxylic acids is 2. The first-order chi connectivity index (χ1) is 11.8. The van der Waals surface area contributed by atoms with Crippen LogP contribution in [-0.2, 0) is 19.1 Å². The van der Waals surface area contributed by atoms with Gasteiger partial charge in [-0.25, -0.2) is 0 Å². The Labute approximate surface area is 153 Å². The highest BCUT2D eigenvalue weighted by Gasteiger charge is 2.16. The van der Waals surface area contributed by atoms with E-state index in [9.17, 15) is 9.59 Å². The summed E-state index contributed by atoms with van der Waals surface area (Å²) in [6.07, 6.45) is 7.87. The lowest BCUT2D eigenvalue weighted by atomic mass is 10.1. The number of allylic oxidation sites excluding steroid dienone is 3. The molecule has 1 unspecified atom stereocenters. The standard InChI is InChI=1S/C21H36O4/c1-7-19(17(4)5)25-21(23)13-9-12-20(22)24-15-14-18(6)11-8-10-16(2)3/h10,14,17,19H,7-9,11-13,15H2,1-6H3/b18-14-. The topological polar surface area (TPSA) is 52.6 Å². The van der Waals surface area contributed by atoms with Crippen molar-refractivity contribution in [3.8, 4) is 0 Å². The van der Waals surface area contributed by atoms with Gasteiger partial charge in [0.2, 0.25) is 0 Å². The molecule has 1 atom stereocenters. The molecule has 0 saturated heterocycles. The van der Waals surface area contributed by atoms with Crippen LogP contribution in [0.15, 0.2) is 23.3 Å². The summed E-state index contributed by atoms with van der Waals surface area (Å²) in [5.74, 6) is -0.189. The molecular weight excluding hydrogens is 316 g/mol. The summed E-state index contributed by atoms with van der Waals surface area (Å²) in [6.45, 7) is 12.6. The van der Waals surface area contributed by atoms with E-state index in [1.54, 1.807) is 0 Å². The fraction of sp³-hybridized carbons (Fsp3) is 0.714. The lowest BCUT2D eigenvalue weighted by Gasteiger charge is -2.19. The molecule has 0 fully saturated rings. The summed E-state index contributed by atoms with van der Waals surface area (Å²) in [5, 5.41) is 0. The minimum Gasteiger partial charge on any atom is -0.462 e. The Hall–Kier alpha value is -1.58. The van der Waals surface area contributed by atoms with Gasteiger partial charge < -0.3 is 9.47 Å². The first kappa shape index (κ1) is 23.4. The summed E-state index contributed by atoms with van der Waals surface area (Å²) in [4.78, 5) is 23.4. The van der Waals surface area contributed by atoms with Gasteiger partial charge in [0.1, 0.15) is 12.7 Å². The third-order valence-corrected chi connectivity index (χ3v) is 3.96. The van der Waals surface area contributed by atoms with E-state index in [0.717, 1.165) is 19.3 Å². The quantitative estimate of drug-likeness (QED) is 0.350. The molecule has 0 radical (unpaired) electrons. The molecule has 0 heterocycles. The zero-order chi connectivity index (χ0) is 19.2. The molecule has 0 bridgehead atoms. The molecule has 0 aliphatic heterocycles. The Morgan fingerprint density at radius 1 is 0.960 bits per heavy atom. The SMILES string of the molecule is CCC(OC(=O)CCCC(=O)OC/C=C(/C)CCC=C(C)C)C(C)C. The fourth-order valence-corrected chi connectivity index (χ4v) is 2.34. The minimum absolute atomic E-state index is 0.0427. The fourth-order valence-electron chi connectivity index (χ4n) is 2.34. The van der Waals surface area contributed by atoms with Crippen molar-refractivity contribution in [2.75, 3.05) is 6.61 Å². The van der Waals surface area contributed by atoms with Crippen molar-refractivity contribution >= 4 is 11.9 Å². The minimum atomic E-state index is -0.267. The van der Waals surface area contributed by atoms with Crippen molar-refractivity contribution in [2.24, 2.45) is 5.92 Å². The maximum absolute atomic E-state index is 11.8. The van der Waals surface area contributed by atoms with E-state index in [0.29, 0.717) is 18.9 Å². The van der Waals surface area contributed by atoms with Gasteiger partial charge in [0.15, 0.2) is 0 Å². The van der Waals surface area contributed by atoms with E-state index < -0.39 is 0 Å². The molecule has 0 aromatic carbocycles. The largest absolute Gasteiger partial charge is 0.462 e. The molecule has 4 nitrogen and oxygen atoms in total. The Bertz CT molecular complexity index is 457. The Balaban J connectivity index is 3.90. The third-order valence-electron chi connectivity index (χ3n) is 3.96. The van der Waals surface area contributed by atoms with Crippen LogP contribution in [0.25, 0.3) is 0 Å². The molecule has 0 aromatic rings. The van der Waals surface area contributed by atoms with E-state index in [1.165, 1.54) is 11.1 Å². The van der Waals surface area contributed by atoms with E-state index in [-0.39, 0.29) is 30.9 Å². The molecule has 0 aliphatic carbocycles. The van der Waals surface area contributed by atoms with Crippen LogP contribution < -0.4 is 0 Å². The van der Waals surface area contributed by atoms with Crippen LogP contribution in [0.4, 0.5) is 0 Å². The van der Waals surface area contributed by atoms with Gasteiger partial charge in [-0.2, -0.15) is 0 Å². The van der Waals surface area contributed by atoms with Gasteiger partial charge in [-0.05, 0) is 58.4 Å². The first-order valence-electron chi connectivity index (χ1n) is 9.40. The highest BCUT2D eigenvalue weighted by Crippen LogP contribution is 2.12. The highest BCUT2D eigenvalue weighted by molar-refractivity contribution is 5.72. The van der Waals surface area contributed by atoms with Crippen LogP contribution in [0.1, 0.15) is 80.1 Å². The van der Waals surface area contributed by atoms with Crippen LogP contribution in [0, 0.1) is 5.92 Å². The van der Waals surface area contributed by atoms with Crippen molar-refractivity contribution < 1.29 is 19.1 Å². The maximum atomic E-state index is 11.8. The maximum Gasteiger partial charge on any atom is 0.306 e. The molecule has 0 aliphatic rings. The second-order valence-electron chi connectivity index (χ2n) is 7.09. The zero-order valence-corrected chi connectivity index (χ0v) is 16.9. The normalized spacial score (nSPS) is 12.7. The average molecular weight is 353 g/mol. The van der Waals surface area contributed by atoms with Crippen molar-refractivity contribution in [1.82, 2.24) is 0 Å². The molecule has 0 aromatic heterocycles. The number of hydrogen-bond donors (Lipinski definition) is 0. The van der Waals surface area contributed by atoms with Gasteiger partial charge in [-0.1, -0.05) is 38.0 Å². The van der Waals surface area contributed by atoms with Crippen LogP contribution >= 0.6 is 0 Å². The van der Waals surface area contributed by atoms with Gasteiger partial charge in [-0.15, -0.1) is 0 Å². The summed E-state index contributed by atoms with van der Waals surface area (Å²) >= 11 is 0. The van der Waals surface area contributed by atoms with Gasteiger partial charge in [-0.3, -0.25) is 9.59 Å². The molecule has 0 rings (SSSR count). The predicted octanol–water partition coefficient (Wildman–Crippen LogP) is 5.37. The summed E-state index contributed by atoms with van der Waals surface area (Å²) in [6, 6.07) is 0. The number of carbonyl (C=O) groups is 2. The molecular formula is C21H36O4. The van der Waals surface area contributed by atoms with Crippen LogP contribution in [0.3, 0.4) is 0 Å². The molecule has 0 N–H and O–H groups in total. The summed E-state index contributed by atoms with van der Waals surface area (Å²) in [5.41, 5.74) is 2.53. The number of esters is 2. The monoisotopic (exact) mass is 352 g/mol. The second kappa shape index (κ2) is 13.7. The van der Waals surface area contributed by atoms with Crippen LogP contribution in [0.2, 0.25) is 0 Å². The number of hydrogen-bond acceptors (Lipinski definition) is 4. The lowest BCUT2D eigenvalue weighted by Crippen LogP contribution is -2.22. The molecule has 0 amide bonds. The van der Waals surface area contributed by atoms with Crippen molar-refractivity contribution in [2.45, 2.75) is 86.2 Å². The molecule has 25 heavy (non-hydrogen) atoms. The molecule has 4 heteroatoms. The number of ether oxygens (including phenoxy) is 2. The van der Waals surface area contributed by atoms with Crippen molar-refractivity contribution in [1.29, 1.82) is 0 Å². The number of rotatable bonds is 12. The van der Waals surface area contributed by atoms with Crippen molar-refractivity contribution in [3.05, 3.63) is 23.3 Å². The zero-order valence-electron chi connectivity index (χ0n) is 16.9. The molecule has 0 spiro atoms. The van der Waals surface area contributed by atoms with E-state index >= 15 is 0 Å². The van der Waals surface area contributed by atoms with Gasteiger partial charge in [0.25, 0.3) is 0 Å². The third kappa shape index (κ3) is 13.4.